The lowest BCUT2D eigenvalue weighted by Gasteiger charge is -2.23. The van der Waals surface area contributed by atoms with Gasteiger partial charge in [-0.05, 0) is 37.1 Å². The molecule has 0 aliphatic heterocycles. The number of amides is 2. The fourth-order valence-corrected chi connectivity index (χ4v) is 1.88. The Balaban J connectivity index is 0.00000441. The quantitative estimate of drug-likeness (QED) is 0.735. The second-order valence-corrected chi connectivity index (χ2v) is 5.78. The van der Waals surface area contributed by atoms with Crippen LogP contribution in [-0.2, 0) is 4.79 Å². The van der Waals surface area contributed by atoms with Crippen molar-refractivity contribution in [1.29, 1.82) is 0 Å². The summed E-state index contributed by atoms with van der Waals surface area (Å²) in [7, 11) is 0. The number of nitrogens with one attached hydrogen (secondary N) is 2. The summed E-state index contributed by atoms with van der Waals surface area (Å²) in [6.07, 6.45) is 0. The number of rotatable bonds is 6. The number of carbonyl (C=O) groups is 2. The largest absolute Gasteiger partial charge is 0.351 e. The van der Waals surface area contributed by atoms with Gasteiger partial charge in [0.05, 0.1) is 0 Å². The average molecular weight is 348 g/mol. The summed E-state index contributed by atoms with van der Waals surface area (Å²) < 4.78 is 0. The smallest absolute Gasteiger partial charge is 0.251 e. The van der Waals surface area contributed by atoms with Crippen molar-refractivity contribution in [2.75, 3.05) is 6.54 Å². The predicted molar refractivity (Wildman–Crippen MR) is 91.5 cm³/mol. The van der Waals surface area contributed by atoms with Gasteiger partial charge in [-0.2, -0.15) is 0 Å². The van der Waals surface area contributed by atoms with E-state index in [4.69, 9.17) is 17.3 Å². The first-order chi connectivity index (χ1) is 9.85. The normalized spacial score (nSPS) is 13.0. The predicted octanol–water partition coefficient (Wildman–Crippen LogP) is 1.98. The Morgan fingerprint density at radius 3 is 2.14 bits per heavy atom. The second kappa shape index (κ2) is 9.66. The molecule has 1 aromatic carbocycles. The van der Waals surface area contributed by atoms with Gasteiger partial charge in [0.1, 0.15) is 6.04 Å². The first kappa shape index (κ1) is 20.7. The van der Waals surface area contributed by atoms with Crippen molar-refractivity contribution in [2.45, 2.75) is 32.9 Å². The highest BCUT2D eigenvalue weighted by atomic mass is 35.5. The molecule has 0 fully saturated rings. The van der Waals surface area contributed by atoms with Gasteiger partial charge in [0, 0.05) is 23.2 Å². The topological polar surface area (TPSA) is 84.2 Å². The Labute approximate surface area is 142 Å². The summed E-state index contributed by atoms with van der Waals surface area (Å²) in [4.78, 5) is 24.3. The monoisotopic (exact) mass is 347 g/mol. The number of halogens is 2. The van der Waals surface area contributed by atoms with Gasteiger partial charge in [0.15, 0.2) is 0 Å². The minimum atomic E-state index is -0.609. The van der Waals surface area contributed by atoms with E-state index < -0.39 is 6.04 Å². The summed E-state index contributed by atoms with van der Waals surface area (Å²) in [5.41, 5.74) is 5.95. The van der Waals surface area contributed by atoms with E-state index in [1.165, 1.54) is 0 Å². The van der Waals surface area contributed by atoms with Crippen molar-refractivity contribution in [3.63, 3.8) is 0 Å². The summed E-state index contributed by atoms with van der Waals surface area (Å²) >= 11 is 5.79. The molecule has 22 heavy (non-hydrogen) atoms. The molecule has 1 aromatic rings. The molecule has 0 radical (unpaired) electrons. The Morgan fingerprint density at radius 2 is 1.68 bits per heavy atom. The number of benzene rings is 1. The lowest BCUT2D eigenvalue weighted by molar-refractivity contribution is -0.124. The van der Waals surface area contributed by atoms with Crippen LogP contribution in [0.15, 0.2) is 24.3 Å². The van der Waals surface area contributed by atoms with Crippen LogP contribution in [0.5, 0.6) is 0 Å². The minimum absolute atomic E-state index is 0. The minimum Gasteiger partial charge on any atom is -0.351 e. The van der Waals surface area contributed by atoms with E-state index in [9.17, 15) is 9.59 Å². The van der Waals surface area contributed by atoms with Crippen molar-refractivity contribution in [3.05, 3.63) is 34.9 Å². The van der Waals surface area contributed by atoms with Crippen LogP contribution in [0, 0.1) is 5.92 Å². The molecule has 124 valence electrons. The summed E-state index contributed by atoms with van der Waals surface area (Å²) in [5.74, 6) is -0.572. The number of nitrogens with two attached hydrogens (primary N) is 1. The van der Waals surface area contributed by atoms with Gasteiger partial charge in [0.25, 0.3) is 5.91 Å². The zero-order valence-corrected chi connectivity index (χ0v) is 14.5. The summed E-state index contributed by atoms with van der Waals surface area (Å²) in [6.45, 7) is 5.91. The van der Waals surface area contributed by atoms with Gasteiger partial charge >= 0.3 is 0 Å². The van der Waals surface area contributed by atoms with E-state index in [0.29, 0.717) is 17.1 Å². The van der Waals surface area contributed by atoms with Crippen LogP contribution in [0.3, 0.4) is 0 Å². The molecule has 0 aliphatic carbocycles. The SMILES string of the molecule is CC(C)C(NC(=O)c1ccc(Cl)cc1)C(=O)N[C@@H](C)CN.Cl. The van der Waals surface area contributed by atoms with Gasteiger partial charge < -0.3 is 16.4 Å². The van der Waals surface area contributed by atoms with E-state index >= 15 is 0 Å². The molecule has 1 rings (SSSR count). The molecule has 5 nitrogen and oxygen atoms in total. The van der Waals surface area contributed by atoms with Crippen LogP contribution >= 0.6 is 24.0 Å². The zero-order chi connectivity index (χ0) is 16.0. The molecule has 0 saturated carbocycles. The van der Waals surface area contributed by atoms with Crippen molar-refractivity contribution >= 4 is 35.8 Å². The summed E-state index contributed by atoms with van der Waals surface area (Å²) in [5, 5.41) is 6.08. The maximum absolute atomic E-state index is 12.2. The van der Waals surface area contributed by atoms with Crippen LogP contribution in [-0.4, -0.2) is 30.4 Å². The van der Waals surface area contributed by atoms with Gasteiger partial charge in [-0.3, -0.25) is 9.59 Å². The third-order valence-corrected chi connectivity index (χ3v) is 3.34. The third-order valence-electron chi connectivity index (χ3n) is 3.08. The van der Waals surface area contributed by atoms with E-state index in [1.54, 1.807) is 24.3 Å². The van der Waals surface area contributed by atoms with Gasteiger partial charge in [0.2, 0.25) is 5.91 Å². The molecule has 0 aliphatic rings. The molecule has 0 heterocycles. The standard InChI is InChI=1S/C15H22ClN3O2.ClH/c1-9(2)13(15(21)18-10(3)8-17)19-14(20)11-4-6-12(16)7-5-11;/h4-7,9-10,13H,8,17H2,1-3H3,(H,18,21)(H,19,20);1H/t10-,13?;/m0./s1. The van der Waals surface area contributed by atoms with Crippen molar-refractivity contribution in [1.82, 2.24) is 10.6 Å². The molecule has 0 aromatic heterocycles. The maximum atomic E-state index is 12.2. The fraction of sp³-hybridized carbons (Fsp3) is 0.467. The van der Waals surface area contributed by atoms with Crippen molar-refractivity contribution in [2.24, 2.45) is 11.7 Å². The van der Waals surface area contributed by atoms with Crippen molar-refractivity contribution in [3.8, 4) is 0 Å². The molecule has 2 amide bonds. The Bertz CT molecular complexity index is 492. The molecule has 7 heteroatoms. The highest BCUT2D eigenvalue weighted by molar-refractivity contribution is 6.30. The molecule has 0 bridgehead atoms. The lowest BCUT2D eigenvalue weighted by Crippen LogP contribution is -2.52. The van der Waals surface area contributed by atoms with Crippen LogP contribution in [0.2, 0.25) is 5.02 Å². The van der Waals surface area contributed by atoms with Gasteiger partial charge in [-0.25, -0.2) is 0 Å². The van der Waals surface area contributed by atoms with E-state index in [-0.39, 0.29) is 36.2 Å². The Morgan fingerprint density at radius 1 is 1.14 bits per heavy atom. The molecular formula is C15H23Cl2N3O2. The van der Waals surface area contributed by atoms with Crippen molar-refractivity contribution < 1.29 is 9.59 Å². The molecule has 0 saturated heterocycles. The molecule has 1 unspecified atom stereocenters. The number of hydrogen-bond acceptors (Lipinski definition) is 3. The average Bonchev–Trinajstić information content (AvgIpc) is 2.44. The molecule has 4 N–H and O–H groups in total. The first-order valence-corrected chi connectivity index (χ1v) is 7.29. The number of carbonyl (C=O) groups excluding carboxylic acids is 2. The first-order valence-electron chi connectivity index (χ1n) is 6.92. The van der Waals surface area contributed by atoms with Crippen LogP contribution in [0.25, 0.3) is 0 Å². The lowest BCUT2D eigenvalue weighted by atomic mass is 10.0. The van der Waals surface area contributed by atoms with Gasteiger partial charge in [-0.1, -0.05) is 25.4 Å². The van der Waals surface area contributed by atoms with Crippen LogP contribution in [0.4, 0.5) is 0 Å². The Kier molecular flexibility index (Phi) is 9.09. The van der Waals surface area contributed by atoms with Gasteiger partial charge in [-0.15, -0.1) is 12.4 Å². The highest BCUT2D eigenvalue weighted by Gasteiger charge is 2.25. The van der Waals surface area contributed by atoms with Crippen LogP contribution in [0.1, 0.15) is 31.1 Å². The van der Waals surface area contributed by atoms with E-state index in [2.05, 4.69) is 10.6 Å². The van der Waals surface area contributed by atoms with E-state index in [0.717, 1.165) is 0 Å². The zero-order valence-electron chi connectivity index (χ0n) is 12.9. The fourth-order valence-electron chi connectivity index (χ4n) is 1.75. The highest BCUT2D eigenvalue weighted by Crippen LogP contribution is 2.10. The third kappa shape index (κ3) is 6.22. The molecular weight excluding hydrogens is 325 g/mol. The Hall–Kier alpha value is -1.30. The number of hydrogen-bond donors (Lipinski definition) is 3. The molecule has 0 spiro atoms. The van der Waals surface area contributed by atoms with Crippen LogP contribution < -0.4 is 16.4 Å². The molecule has 2 atom stereocenters. The van der Waals surface area contributed by atoms with E-state index in [1.807, 2.05) is 20.8 Å². The summed E-state index contributed by atoms with van der Waals surface area (Å²) in [6, 6.07) is 5.77. The second-order valence-electron chi connectivity index (χ2n) is 5.35. The maximum Gasteiger partial charge on any atom is 0.251 e.